The van der Waals surface area contributed by atoms with Gasteiger partial charge >= 0.3 is 0 Å². The third-order valence-corrected chi connectivity index (χ3v) is 3.25. The molecule has 1 aliphatic carbocycles. The van der Waals surface area contributed by atoms with E-state index in [2.05, 4.69) is 37.3 Å². The van der Waals surface area contributed by atoms with E-state index >= 15 is 0 Å². The Hall–Kier alpha value is -1.04. The van der Waals surface area contributed by atoms with Crippen LogP contribution in [0.15, 0.2) is 30.3 Å². The highest BCUT2D eigenvalue weighted by Crippen LogP contribution is 2.26. The number of aryl methyl sites for hydroxylation is 1. The van der Waals surface area contributed by atoms with Crippen LogP contribution in [0.25, 0.3) is 5.57 Å². The molecule has 0 unspecified atom stereocenters. The van der Waals surface area contributed by atoms with Crippen LogP contribution >= 0.6 is 0 Å². The highest BCUT2D eigenvalue weighted by molar-refractivity contribution is 5.66. The van der Waals surface area contributed by atoms with Gasteiger partial charge in [0.2, 0.25) is 0 Å². The summed E-state index contributed by atoms with van der Waals surface area (Å²) in [5.41, 5.74) is 4.48. The fraction of sp³-hybridized carbons (Fsp3) is 0.467. The first kappa shape index (κ1) is 10.5. The largest absolute Gasteiger partial charge is 0.0807 e. The van der Waals surface area contributed by atoms with Crippen LogP contribution in [0.4, 0.5) is 0 Å². The van der Waals surface area contributed by atoms with Crippen molar-refractivity contribution in [1.82, 2.24) is 0 Å². The maximum Gasteiger partial charge on any atom is -0.0225 e. The SMILES string of the molecule is CCc1cccc(C2=CCCCCC2)c1. The maximum atomic E-state index is 2.45. The van der Waals surface area contributed by atoms with E-state index in [1.165, 1.54) is 43.2 Å². The summed E-state index contributed by atoms with van der Waals surface area (Å²) in [4.78, 5) is 0. The average Bonchev–Trinajstić information content (AvgIpc) is 2.58. The third kappa shape index (κ3) is 2.71. The van der Waals surface area contributed by atoms with Crippen LogP contribution in [0.3, 0.4) is 0 Å². The lowest BCUT2D eigenvalue weighted by molar-refractivity contribution is 0.720. The predicted molar refractivity (Wildman–Crippen MR) is 66.9 cm³/mol. The zero-order valence-corrected chi connectivity index (χ0v) is 9.63. The molecule has 0 atom stereocenters. The van der Waals surface area contributed by atoms with Gasteiger partial charge in [-0.3, -0.25) is 0 Å². The number of hydrogen-bond donors (Lipinski definition) is 0. The van der Waals surface area contributed by atoms with E-state index in [0.717, 1.165) is 6.42 Å². The van der Waals surface area contributed by atoms with Gasteiger partial charge in [-0.1, -0.05) is 43.7 Å². The van der Waals surface area contributed by atoms with E-state index in [-0.39, 0.29) is 0 Å². The second kappa shape index (κ2) is 5.16. The van der Waals surface area contributed by atoms with Crippen LogP contribution in [0.1, 0.15) is 50.2 Å². The number of hydrogen-bond acceptors (Lipinski definition) is 0. The molecule has 0 nitrogen and oxygen atoms in total. The molecule has 0 fully saturated rings. The highest BCUT2D eigenvalue weighted by atomic mass is 14.1. The quantitative estimate of drug-likeness (QED) is 0.654. The Morgan fingerprint density at radius 3 is 2.93 bits per heavy atom. The summed E-state index contributed by atoms with van der Waals surface area (Å²) in [7, 11) is 0. The number of rotatable bonds is 2. The van der Waals surface area contributed by atoms with Crippen LogP contribution in [-0.4, -0.2) is 0 Å². The molecule has 2 rings (SSSR count). The van der Waals surface area contributed by atoms with E-state index in [9.17, 15) is 0 Å². The second-order valence-electron chi connectivity index (χ2n) is 4.38. The van der Waals surface area contributed by atoms with Crippen molar-refractivity contribution in [1.29, 1.82) is 0 Å². The molecule has 0 radical (unpaired) electrons. The molecule has 0 spiro atoms. The number of allylic oxidation sites excluding steroid dienone is 2. The van der Waals surface area contributed by atoms with E-state index in [0.29, 0.717) is 0 Å². The predicted octanol–water partition coefficient (Wildman–Crippen LogP) is 4.60. The molecule has 1 aromatic carbocycles. The van der Waals surface area contributed by atoms with Gasteiger partial charge in [-0.15, -0.1) is 0 Å². The van der Waals surface area contributed by atoms with Gasteiger partial charge in [-0.2, -0.15) is 0 Å². The normalized spacial score (nSPS) is 17.0. The summed E-state index contributed by atoms with van der Waals surface area (Å²) >= 11 is 0. The van der Waals surface area contributed by atoms with Gasteiger partial charge in [0.15, 0.2) is 0 Å². The number of benzene rings is 1. The molecule has 0 bridgehead atoms. The molecule has 15 heavy (non-hydrogen) atoms. The minimum atomic E-state index is 1.14. The zero-order chi connectivity index (χ0) is 10.5. The van der Waals surface area contributed by atoms with Crippen LogP contribution in [0, 0.1) is 0 Å². The summed E-state index contributed by atoms with van der Waals surface area (Å²) in [6, 6.07) is 9.04. The lowest BCUT2D eigenvalue weighted by Crippen LogP contribution is -1.87. The van der Waals surface area contributed by atoms with Gasteiger partial charge in [-0.25, -0.2) is 0 Å². The third-order valence-electron chi connectivity index (χ3n) is 3.25. The standard InChI is InChI=1S/C15H20/c1-2-13-8-7-11-15(12-13)14-9-5-3-4-6-10-14/h7-9,11-12H,2-6,10H2,1H3. The molecule has 0 saturated carbocycles. The van der Waals surface area contributed by atoms with Crippen molar-refractivity contribution in [3.8, 4) is 0 Å². The van der Waals surface area contributed by atoms with Crippen molar-refractivity contribution in [3.63, 3.8) is 0 Å². The summed E-state index contributed by atoms with van der Waals surface area (Å²) in [5, 5.41) is 0. The van der Waals surface area contributed by atoms with Crippen molar-refractivity contribution in [3.05, 3.63) is 41.5 Å². The fourth-order valence-electron chi connectivity index (χ4n) is 2.27. The van der Waals surface area contributed by atoms with E-state index in [4.69, 9.17) is 0 Å². The van der Waals surface area contributed by atoms with E-state index in [1.807, 2.05) is 0 Å². The molecule has 0 N–H and O–H groups in total. The topological polar surface area (TPSA) is 0 Å². The van der Waals surface area contributed by atoms with Crippen molar-refractivity contribution >= 4 is 5.57 Å². The molecule has 1 aliphatic rings. The van der Waals surface area contributed by atoms with Crippen molar-refractivity contribution in [2.24, 2.45) is 0 Å². The van der Waals surface area contributed by atoms with Crippen molar-refractivity contribution < 1.29 is 0 Å². The molecular weight excluding hydrogens is 180 g/mol. The smallest absolute Gasteiger partial charge is 0.0225 e. The Labute approximate surface area is 93.0 Å². The zero-order valence-electron chi connectivity index (χ0n) is 9.63. The fourth-order valence-corrected chi connectivity index (χ4v) is 2.27. The molecule has 80 valence electrons. The van der Waals surface area contributed by atoms with Crippen molar-refractivity contribution in [2.45, 2.75) is 45.4 Å². The monoisotopic (exact) mass is 200 g/mol. The van der Waals surface area contributed by atoms with Crippen LogP contribution in [-0.2, 0) is 6.42 Å². The Balaban J connectivity index is 2.23. The molecule has 0 aliphatic heterocycles. The lowest BCUT2D eigenvalue weighted by atomic mass is 9.99. The van der Waals surface area contributed by atoms with Crippen LogP contribution < -0.4 is 0 Å². The molecular formula is C15H20. The average molecular weight is 200 g/mol. The van der Waals surface area contributed by atoms with Crippen molar-refractivity contribution in [2.75, 3.05) is 0 Å². The Bertz CT molecular complexity index is 347. The summed E-state index contributed by atoms with van der Waals surface area (Å²) in [5.74, 6) is 0. The Kier molecular flexibility index (Phi) is 3.60. The van der Waals surface area contributed by atoms with Crippen LogP contribution in [0.5, 0.6) is 0 Å². The molecule has 0 amide bonds. The lowest BCUT2D eigenvalue weighted by Gasteiger charge is -2.07. The molecule has 0 aromatic heterocycles. The van der Waals surface area contributed by atoms with Crippen LogP contribution in [0.2, 0.25) is 0 Å². The van der Waals surface area contributed by atoms with Gasteiger partial charge in [-0.05, 0) is 48.8 Å². The Morgan fingerprint density at radius 2 is 2.07 bits per heavy atom. The van der Waals surface area contributed by atoms with Gasteiger partial charge in [0, 0.05) is 0 Å². The van der Waals surface area contributed by atoms with Gasteiger partial charge in [0.25, 0.3) is 0 Å². The molecule has 0 saturated heterocycles. The van der Waals surface area contributed by atoms with Gasteiger partial charge in [0.1, 0.15) is 0 Å². The Morgan fingerprint density at radius 1 is 1.13 bits per heavy atom. The minimum Gasteiger partial charge on any atom is -0.0807 e. The summed E-state index contributed by atoms with van der Waals surface area (Å²) in [6.45, 7) is 2.22. The summed E-state index contributed by atoms with van der Waals surface area (Å²) < 4.78 is 0. The minimum absolute atomic E-state index is 1.14. The summed E-state index contributed by atoms with van der Waals surface area (Å²) in [6.07, 6.45) is 10.3. The van der Waals surface area contributed by atoms with Gasteiger partial charge in [0.05, 0.1) is 0 Å². The molecule has 1 aromatic rings. The molecule has 0 heteroatoms. The second-order valence-corrected chi connectivity index (χ2v) is 4.38. The van der Waals surface area contributed by atoms with Gasteiger partial charge < -0.3 is 0 Å². The molecule has 0 heterocycles. The van der Waals surface area contributed by atoms with E-state index < -0.39 is 0 Å². The first-order chi connectivity index (χ1) is 7.40. The van der Waals surface area contributed by atoms with E-state index in [1.54, 1.807) is 5.57 Å². The first-order valence-corrected chi connectivity index (χ1v) is 6.18. The maximum absolute atomic E-state index is 2.45. The first-order valence-electron chi connectivity index (χ1n) is 6.18. The highest BCUT2D eigenvalue weighted by Gasteiger charge is 2.05.